The van der Waals surface area contributed by atoms with Crippen LogP contribution in [0.25, 0.3) is 0 Å². The molecule has 1 aromatic carbocycles. The number of rotatable bonds is 2. The van der Waals surface area contributed by atoms with Crippen molar-refractivity contribution >= 4 is 29.9 Å². The summed E-state index contributed by atoms with van der Waals surface area (Å²) in [5.41, 5.74) is 0.882. The molecule has 2 saturated heterocycles. The first-order valence-corrected chi connectivity index (χ1v) is 8.37. The quantitative estimate of drug-likeness (QED) is 0.896. The van der Waals surface area contributed by atoms with Gasteiger partial charge < -0.3 is 10.2 Å². The SMILES string of the molecule is Cl.O=C(N1CCC2CCC(C1)N2)C1(c2ccc(Cl)cc2)CC1. The molecule has 1 saturated carbocycles. The van der Waals surface area contributed by atoms with Crippen LogP contribution in [-0.4, -0.2) is 36.0 Å². The van der Waals surface area contributed by atoms with Crippen molar-refractivity contribution in [1.82, 2.24) is 10.2 Å². The summed E-state index contributed by atoms with van der Waals surface area (Å²) in [6, 6.07) is 8.97. The minimum atomic E-state index is -0.256. The first kappa shape index (κ1) is 16.1. The molecule has 3 fully saturated rings. The van der Waals surface area contributed by atoms with Gasteiger partial charge in [0, 0.05) is 30.2 Å². The Morgan fingerprint density at radius 3 is 2.50 bits per heavy atom. The Bertz CT molecular complexity index is 556. The number of fused-ring (bicyclic) bond motifs is 2. The van der Waals surface area contributed by atoms with E-state index in [2.05, 4.69) is 10.2 Å². The smallest absolute Gasteiger partial charge is 0.233 e. The molecular formula is C17H22Cl2N2O. The monoisotopic (exact) mass is 340 g/mol. The maximum Gasteiger partial charge on any atom is 0.233 e. The van der Waals surface area contributed by atoms with E-state index in [1.165, 1.54) is 12.8 Å². The highest BCUT2D eigenvalue weighted by Crippen LogP contribution is 2.50. The minimum absolute atomic E-state index is 0. The van der Waals surface area contributed by atoms with Crippen LogP contribution in [0.5, 0.6) is 0 Å². The zero-order valence-electron chi connectivity index (χ0n) is 12.6. The second kappa shape index (κ2) is 6.03. The number of benzene rings is 1. The molecule has 2 unspecified atom stereocenters. The maximum atomic E-state index is 13.1. The lowest BCUT2D eigenvalue weighted by atomic mass is 9.93. The number of likely N-dealkylation sites (tertiary alicyclic amines) is 1. The Morgan fingerprint density at radius 1 is 1.14 bits per heavy atom. The topological polar surface area (TPSA) is 32.3 Å². The van der Waals surface area contributed by atoms with Crippen molar-refractivity contribution in [1.29, 1.82) is 0 Å². The highest BCUT2D eigenvalue weighted by molar-refractivity contribution is 6.30. The summed E-state index contributed by atoms with van der Waals surface area (Å²) < 4.78 is 0. The Labute approximate surface area is 142 Å². The molecule has 3 aliphatic rings. The van der Waals surface area contributed by atoms with E-state index in [0.717, 1.165) is 42.9 Å². The van der Waals surface area contributed by atoms with E-state index < -0.39 is 0 Å². The van der Waals surface area contributed by atoms with Gasteiger partial charge in [-0.2, -0.15) is 0 Å². The molecule has 4 rings (SSSR count). The summed E-state index contributed by atoms with van der Waals surface area (Å²) in [7, 11) is 0. The summed E-state index contributed by atoms with van der Waals surface area (Å²) in [6.45, 7) is 1.78. The predicted octanol–water partition coefficient (Wildman–Crippen LogP) is 3.15. The largest absolute Gasteiger partial charge is 0.340 e. The molecule has 2 atom stereocenters. The molecule has 0 radical (unpaired) electrons. The fraction of sp³-hybridized carbons (Fsp3) is 0.588. The van der Waals surface area contributed by atoms with Gasteiger partial charge in [0.25, 0.3) is 0 Å². The number of hydrogen-bond acceptors (Lipinski definition) is 2. The van der Waals surface area contributed by atoms with Gasteiger partial charge in [-0.3, -0.25) is 4.79 Å². The number of hydrogen-bond donors (Lipinski definition) is 1. The molecule has 1 aromatic rings. The average molecular weight is 341 g/mol. The highest BCUT2D eigenvalue weighted by Gasteiger charge is 2.53. The van der Waals surface area contributed by atoms with E-state index in [4.69, 9.17) is 11.6 Å². The first-order chi connectivity index (χ1) is 10.2. The fourth-order valence-corrected chi connectivity index (χ4v) is 4.08. The van der Waals surface area contributed by atoms with Gasteiger partial charge in [-0.15, -0.1) is 12.4 Å². The molecule has 5 heteroatoms. The number of nitrogens with zero attached hydrogens (tertiary/aromatic N) is 1. The molecule has 1 aliphatic carbocycles. The summed E-state index contributed by atoms with van der Waals surface area (Å²) in [5, 5.41) is 4.38. The Hall–Kier alpha value is -0.770. The van der Waals surface area contributed by atoms with E-state index in [1.54, 1.807) is 0 Å². The summed E-state index contributed by atoms with van der Waals surface area (Å²) in [6.07, 6.45) is 5.54. The lowest BCUT2D eigenvalue weighted by Gasteiger charge is -2.29. The van der Waals surface area contributed by atoms with E-state index >= 15 is 0 Å². The molecule has 1 N–H and O–H groups in total. The van der Waals surface area contributed by atoms with E-state index in [1.807, 2.05) is 24.3 Å². The number of carbonyl (C=O) groups is 1. The third-order valence-corrected chi connectivity index (χ3v) is 5.62. The molecule has 2 aliphatic heterocycles. The van der Waals surface area contributed by atoms with Crippen molar-refractivity contribution in [2.75, 3.05) is 13.1 Å². The van der Waals surface area contributed by atoms with Crippen LogP contribution in [0, 0.1) is 0 Å². The first-order valence-electron chi connectivity index (χ1n) is 7.99. The maximum absolute atomic E-state index is 13.1. The van der Waals surface area contributed by atoms with Gasteiger partial charge in [0.2, 0.25) is 5.91 Å². The number of halogens is 2. The van der Waals surface area contributed by atoms with E-state index in [9.17, 15) is 4.79 Å². The predicted molar refractivity (Wildman–Crippen MR) is 90.8 cm³/mol. The third-order valence-electron chi connectivity index (χ3n) is 5.37. The summed E-state index contributed by atoms with van der Waals surface area (Å²) in [5.74, 6) is 0.333. The van der Waals surface area contributed by atoms with Gasteiger partial charge in [-0.1, -0.05) is 23.7 Å². The Morgan fingerprint density at radius 2 is 1.82 bits per heavy atom. The van der Waals surface area contributed by atoms with Crippen LogP contribution in [0.1, 0.15) is 37.7 Å². The van der Waals surface area contributed by atoms with Crippen LogP contribution < -0.4 is 5.32 Å². The van der Waals surface area contributed by atoms with Gasteiger partial charge >= 0.3 is 0 Å². The van der Waals surface area contributed by atoms with Crippen LogP contribution in [0.2, 0.25) is 5.02 Å². The zero-order valence-corrected chi connectivity index (χ0v) is 14.1. The average Bonchev–Trinajstić information content (AvgIpc) is 3.20. The van der Waals surface area contributed by atoms with Crippen LogP contribution in [0.3, 0.4) is 0 Å². The van der Waals surface area contributed by atoms with Crippen molar-refractivity contribution in [3.05, 3.63) is 34.9 Å². The molecule has 0 spiro atoms. The molecule has 3 nitrogen and oxygen atoms in total. The lowest BCUT2D eigenvalue weighted by molar-refractivity contribution is -0.134. The van der Waals surface area contributed by atoms with Crippen molar-refractivity contribution in [3.63, 3.8) is 0 Å². The molecule has 0 aromatic heterocycles. The van der Waals surface area contributed by atoms with E-state index in [0.29, 0.717) is 18.0 Å². The molecule has 120 valence electrons. The highest BCUT2D eigenvalue weighted by atomic mass is 35.5. The number of nitrogens with one attached hydrogen (secondary N) is 1. The van der Waals surface area contributed by atoms with Gasteiger partial charge in [-0.05, 0) is 49.8 Å². The summed E-state index contributed by atoms with van der Waals surface area (Å²) in [4.78, 5) is 15.2. The molecule has 2 heterocycles. The fourth-order valence-electron chi connectivity index (χ4n) is 3.95. The van der Waals surface area contributed by atoms with Gasteiger partial charge in [0.15, 0.2) is 0 Å². The second-order valence-corrected chi connectivity index (χ2v) is 7.20. The minimum Gasteiger partial charge on any atom is -0.340 e. The molecule has 22 heavy (non-hydrogen) atoms. The van der Waals surface area contributed by atoms with Crippen LogP contribution in [0.4, 0.5) is 0 Å². The lowest BCUT2D eigenvalue weighted by Crippen LogP contribution is -2.44. The molecule has 2 bridgehead atoms. The van der Waals surface area contributed by atoms with Crippen molar-refractivity contribution < 1.29 is 4.79 Å². The van der Waals surface area contributed by atoms with E-state index in [-0.39, 0.29) is 17.8 Å². The van der Waals surface area contributed by atoms with Crippen LogP contribution >= 0.6 is 24.0 Å². The van der Waals surface area contributed by atoms with Gasteiger partial charge in [0.05, 0.1) is 5.41 Å². The van der Waals surface area contributed by atoms with Crippen molar-refractivity contribution in [2.45, 2.75) is 49.6 Å². The van der Waals surface area contributed by atoms with Crippen LogP contribution in [0.15, 0.2) is 24.3 Å². The Kier molecular flexibility index (Phi) is 4.41. The van der Waals surface area contributed by atoms with Gasteiger partial charge in [0.1, 0.15) is 0 Å². The zero-order chi connectivity index (χ0) is 14.4. The Balaban J connectivity index is 0.00000144. The normalized spacial score (nSPS) is 28.7. The number of amides is 1. The second-order valence-electron chi connectivity index (χ2n) is 6.77. The summed E-state index contributed by atoms with van der Waals surface area (Å²) >= 11 is 5.97. The van der Waals surface area contributed by atoms with Crippen molar-refractivity contribution in [2.24, 2.45) is 0 Å². The molecule has 1 amide bonds. The third kappa shape index (κ3) is 2.75. The van der Waals surface area contributed by atoms with Crippen molar-refractivity contribution in [3.8, 4) is 0 Å². The van der Waals surface area contributed by atoms with Crippen LogP contribution in [-0.2, 0) is 10.2 Å². The molecular weight excluding hydrogens is 319 g/mol. The standard InChI is InChI=1S/C17H21ClN2O.ClH/c18-13-3-1-12(2-4-13)17(8-9-17)16(21)20-10-7-14-5-6-15(11-20)19-14;/h1-4,14-15,19H,5-11H2;1H. The van der Waals surface area contributed by atoms with Gasteiger partial charge in [-0.25, -0.2) is 0 Å². The number of carbonyl (C=O) groups excluding carboxylic acids is 1.